The molecular weight excluding hydrogens is 1060 g/mol. The van der Waals surface area contributed by atoms with E-state index in [1.165, 1.54) is 12.7 Å². The first kappa shape index (κ1) is 58.3. The van der Waals surface area contributed by atoms with Gasteiger partial charge >= 0.3 is 0 Å². The van der Waals surface area contributed by atoms with E-state index in [-0.39, 0.29) is 51.9 Å². The Kier molecular flexibility index (Phi) is 18.9. The number of aliphatic hydroxyl groups excluding tert-OH is 3. The fraction of sp³-hybridized carbons (Fsp3) is 0.270. The summed E-state index contributed by atoms with van der Waals surface area (Å²) < 4.78 is 33.6. The lowest BCUT2D eigenvalue weighted by atomic mass is 9.79. The topological polar surface area (TPSA) is 246 Å². The Balaban J connectivity index is 0.000000163. The Labute approximate surface area is 480 Å². The van der Waals surface area contributed by atoms with Crippen LogP contribution in [-0.4, -0.2) is 94.0 Å². The van der Waals surface area contributed by atoms with Crippen molar-refractivity contribution >= 4 is 45.6 Å². The summed E-state index contributed by atoms with van der Waals surface area (Å²) >= 11 is 7.20. The van der Waals surface area contributed by atoms with Crippen molar-refractivity contribution in [3.05, 3.63) is 228 Å². The lowest BCUT2D eigenvalue weighted by Crippen LogP contribution is -2.35. The minimum atomic E-state index is -0.924. The number of rotatable bonds is 16. The zero-order valence-corrected chi connectivity index (χ0v) is 45.5. The third-order valence-electron chi connectivity index (χ3n) is 14.7. The Morgan fingerprint density at radius 3 is 1.34 bits per heavy atom. The molecule has 0 saturated carbocycles. The van der Waals surface area contributed by atoms with E-state index in [0.29, 0.717) is 40.6 Å². The number of aliphatic hydroxyl groups is 3. The number of hydrogen-bond donors (Lipinski definition) is 5. The number of fused-ring (bicyclic) bond motifs is 2. The zero-order valence-electron chi connectivity index (χ0n) is 44.8. The number of ether oxygens (including phenoxy) is 5. The Hall–Kier alpha value is -8.33. The van der Waals surface area contributed by atoms with Gasteiger partial charge in [0.25, 0.3) is 0 Å². The van der Waals surface area contributed by atoms with E-state index in [0.717, 1.165) is 81.7 Å². The molecule has 424 valence electrons. The minimum absolute atomic E-state index is 0. The number of hydrogen-bond acceptors (Lipinski definition) is 16. The van der Waals surface area contributed by atoms with Gasteiger partial charge < -0.3 is 50.5 Å². The highest BCUT2D eigenvalue weighted by Crippen LogP contribution is 2.45. The third-order valence-corrected chi connectivity index (χ3v) is 15.3. The highest BCUT2D eigenvalue weighted by atomic mass is 35.5. The highest BCUT2D eigenvalue weighted by molar-refractivity contribution is 6.28. The summed E-state index contributed by atoms with van der Waals surface area (Å²) in [5, 5.41) is 28.0. The van der Waals surface area contributed by atoms with Crippen molar-refractivity contribution in [2.75, 3.05) is 38.9 Å². The molecule has 6 atom stereocenters. The molecule has 0 spiro atoms. The largest absolute Gasteiger partial charge is 0.497 e. The summed E-state index contributed by atoms with van der Waals surface area (Å²) in [6, 6.07) is 51.5. The average molecular weight is 1130 g/mol. The van der Waals surface area contributed by atoms with Gasteiger partial charge in [0.05, 0.1) is 65.5 Å². The van der Waals surface area contributed by atoms with Gasteiger partial charge in [-0.2, -0.15) is 0 Å². The summed E-state index contributed by atoms with van der Waals surface area (Å²) in [6.45, 7) is 0.380. The summed E-state index contributed by atoms with van der Waals surface area (Å²) in [4.78, 5) is 24.2. The number of halogens is 1. The molecule has 0 aliphatic carbocycles. The standard InChI is InChI=1S/C31H31N5O4.C21H19ClO2.C10H13N5O2.CH4/c1-38-25-13-11-24(12-14-25)31(22-5-3-2-4-6-22,23-9-7-21(17-37)8-10-23)39-18-26-15-16-27(40-26)36-20-35-28-29(32)33-19-34-30(28)36;1-24-20-13-11-19(12-14-20)21(22,17-5-3-2-4-6-17)18-9-7-16(15-23)8-10-18;11-9-8-10(13-4-12-9)15(5-14-8)7-2-1-6(3-16)17-7;/h2-14,19-20,26-27,37H,15-18H2,1H3,(H2,32,33,34);2-14,23H,15H2,1H3;4-7,16H,1-3H2,(H2,11,12,13);1H4/t26-,27+,31?;;6-,7+;/m0.0./s1. The first-order valence-corrected chi connectivity index (χ1v) is 26.9. The molecule has 19 heteroatoms. The van der Waals surface area contributed by atoms with Crippen LogP contribution in [0.25, 0.3) is 22.3 Å². The number of anilines is 2. The van der Waals surface area contributed by atoms with E-state index >= 15 is 0 Å². The van der Waals surface area contributed by atoms with Crippen molar-refractivity contribution < 1.29 is 39.0 Å². The molecule has 2 fully saturated rings. The van der Waals surface area contributed by atoms with Crippen molar-refractivity contribution in [1.82, 2.24) is 39.0 Å². The number of nitrogens with zero attached hydrogens (tertiary/aromatic N) is 8. The van der Waals surface area contributed by atoms with Crippen molar-refractivity contribution in [3.8, 4) is 11.5 Å². The first-order valence-electron chi connectivity index (χ1n) is 26.5. The Morgan fingerprint density at radius 2 is 0.902 bits per heavy atom. The van der Waals surface area contributed by atoms with Crippen LogP contribution in [-0.2, 0) is 37.9 Å². The molecule has 0 radical (unpaired) electrons. The van der Waals surface area contributed by atoms with Gasteiger partial charge in [0, 0.05) is 0 Å². The van der Waals surface area contributed by atoms with Crippen LogP contribution < -0.4 is 20.9 Å². The molecule has 7 N–H and O–H groups in total. The van der Waals surface area contributed by atoms with Crippen LogP contribution in [0.1, 0.15) is 90.1 Å². The van der Waals surface area contributed by atoms with E-state index in [1.807, 2.05) is 155 Å². The van der Waals surface area contributed by atoms with Crippen LogP contribution in [0.5, 0.6) is 11.5 Å². The molecule has 2 unspecified atom stereocenters. The summed E-state index contributed by atoms with van der Waals surface area (Å²) in [6.07, 6.45) is 8.86. The van der Waals surface area contributed by atoms with Gasteiger partial charge in [-0.3, -0.25) is 9.13 Å². The molecule has 4 aromatic heterocycles. The van der Waals surface area contributed by atoms with Crippen molar-refractivity contribution in [3.63, 3.8) is 0 Å². The summed E-state index contributed by atoms with van der Waals surface area (Å²) in [7, 11) is 3.30. The number of alkyl halides is 1. The van der Waals surface area contributed by atoms with E-state index in [2.05, 4.69) is 42.0 Å². The summed E-state index contributed by atoms with van der Waals surface area (Å²) in [5.41, 5.74) is 20.8. The molecule has 0 bridgehead atoms. The van der Waals surface area contributed by atoms with E-state index < -0.39 is 10.5 Å². The van der Waals surface area contributed by atoms with Gasteiger partial charge in [-0.25, -0.2) is 29.9 Å². The predicted octanol–water partition coefficient (Wildman–Crippen LogP) is 10.0. The second-order valence-electron chi connectivity index (χ2n) is 19.5. The van der Waals surface area contributed by atoms with Crippen LogP contribution in [0.2, 0.25) is 0 Å². The first-order chi connectivity index (χ1) is 39.6. The molecule has 12 rings (SSSR count). The highest BCUT2D eigenvalue weighted by Gasteiger charge is 2.40. The van der Waals surface area contributed by atoms with E-state index in [4.69, 9.17) is 51.9 Å². The number of benzene rings is 6. The quantitative estimate of drug-likeness (QED) is 0.0446. The number of aromatic nitrogens is 8. The molecule has 6 aromatic carbocycles. The summed E-state index contributed by atoms with van der Waals surface area (Å²) in [5.74, 6) is 2.27. The second kappa shape index (κ2) is 26.5. The van der Waals surface area contributed by atoms with Gasteiger partial charge in [0.15, 0.2) is 22.9 Å². The molecular formula is C63H67ClN10O8. The molecule has 6 heterocycles. The van der Waals surface area contributed by atoms with Crippen LogP contribution in [0, 0.1) is 0 Å². The fourth-order valence-electron chi connectivity index (χ4n) is 10.3. The maximum absolute atomic E-state index is 9.67. The molecule has 0 amide bonds. The number of methoxy groups -OCH3 is 2. The van der Waals surface area contributed by atoms with Crippen LogP contribution in [0.15, 0.2) is 183 Å². The predicted molar refractivity (Wildman–Crippen MR) is 315 cm³/mol. The second-order valence-corrected chi connectivity index (χ2v) is 20.0. The third kappa shape index (κ3) is 12.1. The van der Waals surface area contributed by atoms with Crippen LogP contribution in [0.4, 0.5) is 11.6 Å². The molecule has 2 aliphatic rings. The van der Waals surface area contributed by atoms with Gasteiger partial charge in [0.1, 0.15) is 58.1 Å². The van der Waals surface area contributed by atoms with Crippen molar-refractivity contribution in [2.45, 2.75) is 81.5 Å². The van der Waals surface area contributed by atoms with Gasteiger partial charge in [-0.15, -0.1) is 11.6 Å². The lowest BCUT2D eigenvalue weighted by Gasteiger charge is -2.37. The number of nitrogens with two attached hydrogens (primary N) is 2. The van der Waals surface area contributed by atoms with Crippen LogP contribution >= 0.6 is 11.6 Å². The smallest absolute Gasteiger partial charge is 0.167 e. The maximum atomic E-state index is 9.67. The van der Waals surface area contributed by atoms with Gasteiger partial charge in [0.2, 0.25) is 0 Å². The molecule has 2 saturated heterocycles. The van der Waals surface area contributed by atoms with Crippen LogP contribution in [0.3, 0.4) is 0 Å². The Bertz CT molecular complexity index is 3520. The molecule has 82 heavy (non-hydrogen) atoms. The maximum Gasteiger partial charge on any atom is 0.167 e. The minimum Gasteiger partial charge on any atom is -0.497 e. The lowest BCUT2D eigenvalue weighted by molar-refractivity contribution is -0.0756. The average Bonchev–Trinajstić information content (AvgIpc) is 4.48. The monoisotopic (exact) mass is 1130 g/mol. The SMILES string of the molecule is C.COc1ccc(C(Cl)(c2ccccc2)c2ccc(CO)cc2)cc1.COc1ccc(C(OC[C@@H]2CC[C@H](n3cnc4c(N)ncnc43)O2)(c2ccccc2)c2ccc(CO)cc2)cc1.Nc1ncnc2c1ncn2[C@H]1CC[C@@H](CO)O1. The number of nitrogen functional groups attached to an aromatic ring is 2. The van der Waals surface area contributed by atoms with Crippen molar-refractivity contribution in [2.24, 2.45) is 0 Å². The van der Waals surface area contributed by atoms with Gasteiger partial charge in [-0.05, 0) is 94.5 Å². The van der Waals surface area contributed by atoms with E-state index in [1.54, 1.807) is 26.9 Å². The Morgan fingerprint density at radius 1 is 0.512 bits per heavy atom. The fourth-order valence-corrected chi connectivity index (χ4v) is 10.7. The molecule has 18 nitrogen and oxygen atoms in total. The van der Waals surface area contributed by atoms with Crippen molar-refractivity contribution in [1.29, 1.82) is 0 Å². The van der Waals surface area contributed by atoms with Gasteiger partial charge in [-0.1, -0.05) is 141 Å². The zero-order chi connectivity index (χ0) is 56.3. The molecule has 2 aliphatic heterocycles. The van der Waals surface area contributed by atoms with E-state index in [9.17, 15) is 10.2 Å². The number of imidazole rings is 2. The normalized spacial score (nSPS) is 18.0. The molecule has 10 aromatic rings.